The van der Waals surface area contributed by atoms with Gasteiger partial charge in [-0.15, -0.1) is 0 Å². The highest BCUT2D eigenvalue weighted by molar-refractivity contribution is 7.52. The standard InChI is InChI=1S/C21H25N2O7P/c1-16(21(24)28-18-8-4-2-5-9-18)22-31(27,29-19-10-6-3-7-11-19)30-20-14-12-17(13-15-20)23(25)26/h3,6-7,10-16,18H,2,4-5,8-9H2,1H3,(H,22,27)/t16-,31-/m0/s1. The summed E-state index contributed by atoms with van der Waals surface area (Å²) in [6.07, 6.45) is 4.64. The third-order valence-corrected chi connectivity index (χ3v) is 6.39. The Morgan fingerprint density at radius 1 is 1.03 bits per heavy atom. The molecule has 0 amide bonds. The summed E-state index contributed by atoms with van der Waals surface area (Å²) >= 11 is 0. The van der Waals surface area contributed by atoms with E-state index in [1.807, 2.05) is 0 Å². The topological polar surface area (TPSA) is 117 Å². The monoisotopic (exact) mass is 448 g/mol. The zero-order valence-electron chi connectivity index (χ0n) is 17.1. The van der Waals surface area contributed by atoms with Gasteiger partial charge in [-0.3, -0.25) is 14.9 Å². The molecule has 166 valence electrons. The van der Waals surface area contributed by atoms with Crippen LogP contribution in [-0.4, -0.2) is 23.0 Å². The molecule has 0 heterocycles. The van der Waals surface area contributed by atoms with E-state index in [9.17, 15) is 19.5 Å². The molecule has 0 saturated heterocycles. The smallest absolute Gasteiger partial charge is 0.461 e. The maximum absolute atomic E-state index is 13.5. The van der Waals surface area contributed by atoms with E-state index >= 15 is 0 Å². The molecule has 1 N–H and O–H groups in total. The van der Waals surface area contributed by atoms with Gasteiger partial charge in [0.25, 0.3) is 5.69 Å². The summed E-state index contributed by atoms with van der Waals surface area (Å²) in [5.74, 6) is -0.186. The second kappa shape index (κ2) is 10.4. The molecule has 9 nitrogen and oxygen atoms in total. The minimum Gasteiger partial charge on any atom is -0.461 e. The van der Waals surface area contributed by atoms with Crippen molar-refractivity contribution < 1.29 is 28.1 Å². The Bertz CT molecular complexity index is 931. The number of hydrogen-bond donors (Lipinski definition) is 1. The molecule has 0 radical (unpaired) electrons. The summed E-state index contributed by atoms with van der Waals surface area (Å²) in [5.41, 5.74) is -0.136. The van der Waals surface area contributed by atoms with E-state index in [0.29, 0.717) is 0 Å². The first-order valence-electron chi connectivity index (χ1n) is 10.1. The minimum atomic E-state index is -4.09. The lowest BCUT2D eigenvalue weighted by Gasteiger charge is -2.26. The predicted octanol–water partition coefficient (Wildman–Crippen LogP) is 5.01. The van der Waals surface area contributed by atoms with Gasteiger partial charge in [-0.05, 0) is 56.9 Å². The highest BCUT2D eigenvalue weighted by atomic mass is 31.2. The van der Waals surface area contributed by atoms with Crippen molar-refractivity contribution in [3.63, 3.8) is 0 Å². The van der Waals surface area contributed by atoms with Crippen LogP contribution in [0.3, 0.4) is 0 Å². The van der Waals surface area contributed by atoms with Crippen molar-refractivity contribution in [2.75, 3.05) is 0 Å². The van der Waals surface area contributed by atoms with Crippen molar-refractivity contribution in [1.29, 1.82) is 0 Å². The molecule has 2 atom stereocenters. The van der Waals surface area contributed by atoms with Crippen LogP contribution in [0.5, 0.6) is 11.5 Å². The van der Waals surface area contributed by atoms with Crippen LogP contribution < -0.4 is 14.1 Å². The van der Waals surface area contributed by atoms with Gasteiger partial charge in [-0.25, -0.2) is 4.57 Å². The normalized spacial score (nSPS) is 17.2. The number of nitro benzene ring substituents is 1. The first-order valence-corrected chi connectivity index (χ1v) is 11.7. The van der Waals surface area contributed by atoms with Crippen LogP contribution in [0.4, 0.5) is 5.69 Å². The first kappa shape index (κ1) is 22.8. The second-order valence-corrected chi connectivity index (χ2v) is 8.91. The maximum Gasteiger partial charge on any atom is 0.513 e. The summed E-state index contributed by atoms with van der Waals surface area (Å²) in [7, 11) is -4.09. The van der Waals surface area contributed by atoms with Crippen LogP contribution in [-0.2, 0) is 14.1 Å². The second-order valence-electron chi connectivity index (χ2n) is 7.29. The molecule has 3 rings (SSSR count). The molecule has 2 aromatic carbocycles. The summed E-state index contributed by atoms with van der Waals surface area (Å²) < 4.78 is 30.1. The molecular weight excluding hydrogens is 423 g/mol. The van der Waals surface area contributed by atoms with E-state index in [0.717, 1.165) is 32.1 Å². The number of carbonyl (C=O) groups excluding carboxylic acids is 1. The Morgan fingerprint density at radius 2 is 1.61 bits per heavy atom. The fourth-order valence-corrected chi connectivity index (χ4v) is 4.72. The van der Waals surface area contributed by atoms with Gasteiger partial charge in [0, 0.05) is 12.1 Å². The van der Waals surface area contributed by atoms with Gasteiger partial charge in [-0.1, -0.05) is 24.6 Å². The third-order valence-electron chi connectivity index (χ3n) is 4.78. The number of nitro groups is 1. The van der Waals surface area contributed by atoms with Crippen LogP contribution in [0.2, 0.25) is 0 Å². The third kappa shape index (κ3) is 6.80. The molecule has 31 heavy (non-hydrogen) atoms. The van der Waals surface area contributed by atoms with Crippen LogP contribution in [0.1, 0.15) is 39.0 Å². The fourth-order valence-electron chi connectivity index (χ4n) is 3.20. The van der Waals surface area contributed by atoms with E-state index in [2.05, 4.69) is 5.09 Å². The van der Waals surface area contributed by atoms with E-state index < -0.39 is 24.7 Å². The average Bonchev–Trinajstić information content (AvgIpc) is 2.75. The van der Waals surface area contributed by atoms with E-state index in [-0.39, 0.29) is 23.3 Å². The quantitative estimate of drug-likeness (QED) is 0.246. The Hall–Kier alpha value is -2.90. The lowest BCUT2D eigenvalue weighted by molar-refractivity contribution is -0.384. The van der Waals surface area contributed by atoms with Gasteiger partial charge in [-0.2, -0.15) is 5.09 Å². The van der Waals surface area contributed by atoms with Crippen molar-refractivity contribution in [1.82, 2.24) is 5.09 Å². The SMILES string of the molecule is C[C@H](N[P@](=O)(Oc1ccccc1)Oc1ccc([N+](=O)[O-])cc1)C(=O)OC1CCCCC1. The minimum absolute atomic E-state index is 0.0882. The largest absolute Gasteiger partial charge is 0.513 e. The van der Waals surface area contributed by atoms with Crippen molar-refractivity contribution in [3.8, 4) is 11.5 Å². The Kier molecular flexibility index (Phi) is 7.65. The molecule has 1 fully saturated rings. The van der Waals surface area contributed by atoms with Gasteiger partial charge in [0.05, 0.1) is 4.92 Å². The van der Waals surface area contributed by atoms with Crippen LogP contribution in [0, 0.1) is 10.1 Å². The molecule has 1 aliphatic carbocycles. The average molecular weight is 448 g/mol. The fraction of sp³-hybridized carbons (Fsp3) is 0.381. The molecule has 0 aromatic heterocycles. The predicted molar refractivity (Wildman–Crippen MR) is 114 cm³/mol. The first-order chi connectivity index (χ1) is 14.8. The van der Waals surface area contributed by atoms with Gasteiger partial charge in [0.2, 0.25) is 0 Å². The number of para-hydroxylation sites is 1. The Balaban J connectivity index is 1.73. The van der Waals surface area contributed by atoms with Crippen molar-refractivity contribution in [3.05, 3.63) is 64.7 Å². The summed E-state index contributed by atoms with van der Waals surface area (Å²) in [6, 6.07) is 12.5. The molecule has 1 aliphatic rings. The number of non-ortho nitro benzene ring substituents is 1. The maximum atomic E-state index is 13.5. The van der Waals surface area contributed by atoms with E-state index in [4.69, 9.17) is 13.8 Å². The number of rotatable bonds is 9. The molecule has 0 aliphatic heterocycles. The Labute approximate surface area is 180 Å². The molecule has 0 unspecified atom stereocenters. The van der Waals surface area contributed by atoms with Gasteiger partial charge < -0.3 is 13.8 Å². The summed E-state index contributed by atoms with van der Waals surface area (Å²) in [4.78, 5) is 22.8. The van der Waals surface area contributed by atoms with Crippen LogP contribution in [0.15, 0.2) is 54.6 Å². The summed E-state index contributed by atoms with van der Waals surface area (Å²) in [5, 5.41) is 13.5. The van der Waals surface area contributed by atoms with Gasteiger partial charge in [0.1, 0.15) is 23.6 Å². The van der Waals surface area contributed by atoms with Crippen molar-refractivity contribution >= 4 is 19.4 Å². The number of ether oxygens (including phenoxy) is 1. The van der Waals surface area contributed by atoms with Gasteiger partial charge >= 0.3 is 13.7 Å². The van der Waals surface area contributed by atoms with Gasteiger partial charge in [0.15, 0.2) is 0 Å². The number of hydrogen-bond acceptors (Lipinski definition) is 7. The zero-order valence-corrected chi connectivity index (χ0v) is 18.0. The highest BCUT2D eigenvalue weighted by Gasteiger charge is 2.34. The van der Waals surface area contributed by atoms with E-state index in [1.54, 1.807) is 30.3 Å². The number of nitrogens with one attached hydrogen (secondary N) is 1. The molecule has 1 saturated carbocycles. The van der Waals surface area contributed by atoms with E-state index in [1.165, 1.54) is 31.2 Å². The number of nitrogens with zero attached hydrogens (tertiary/aromatic N) is 1. The molecule has 2 aromatic rings. The van der Waals surface area contributed by atoms with Crippen molar-refractivity contribution in [2.24, 2.45) is 0 Å². The zero-order chi connectivity index (χ0) is 22.3. The number of benzene rings is 2. The molecule has 10 heteroatoms. The van der Waals surface area contributed by atoms with Crippen molar-refractivity contribution in [2.45, 2.75) is 51.2 Å². The lowest BCUT2D eigenvalue weighted by atomic mass is 9.98. The molecular formula is C21H25N2O7P. The van der Waals surface area contributed by atoms with Crippen LogP contribution >= 0.6 is 7.75 Å². The van der Waals surface area contributed by atoms with Crippen LogP contribution in [0.25, 0.3) is 0 Å². The number of esters is 1. The molecule has 0 spiro atoms. The molecule has 0 bridgehead atoms. The number of carbonyl (C=O) groups is 1. The summed E-state index contributed by atoms with van der Waals surface area (Å²) in [6.45, 7) is 1.52. The Morgan fingerprint density at radius 3 is 2.19 bits per heavy atom. The lowest BCUT2D eigenvalue weighted by Crippen LogP contribution is -2.38. The highest BCUT2D eigenvalue weighted by Crippen LogP contribution is 2.45.